The highest BCUT2D eigenvalue weighted by Gasteiger charge is 2.36. The van der Waals surface area contributed by atoms with Gasteiger partial charge in [-0.3, -0.25) is 9.59 Å². The molecule has 2 aromatic carbocycles. The summed E-state index contributed by atoms with van der Waals surface area (Å²) in [6.45, 7) is 0. The number of carbonyl (C=O) groups is 4. The fraction of sp³-hybridized carbons (Fsp3) is 0.0588. The molecule has 0 unspecified atom stereocenters. The Bertz CT molecular complexity index is 884. The minimum Gasteiger partial charge on any atom is -0.545 e. The van der Waals surface area contributed by atoms with Crippen LogP contribution in [0.25, 0.3) is 0 Å². The van der Waals surface area contributed by atoms with Crippen molar-refractivity contribution in [3.63, 3.8) is 0 Å². The van der Waals surface area contributed by atoms with Crippen molar-refractivity contribution >= 4 is 29.4 Å². The summed E-state index contributed by atoms with van der Waals surface area (Å²) < 4.78 is 4.58. The molecule has 24 heavy (non-hydrogen) atoms. The van der Waals surface area contributed by atoms with Crippen molar-refractivity contribution in [1.82, 2.24) is 0 Å². The lowest BCUT2D eigenvalue weighted by atomic mass is 10.1. The van der Waals surface area contributed by atoms with Gasteiger partial charge in [-0.2, -0.15) is 0 Å². The van der Waals surface area contributed by atoms with Gasteiger partial charge in [0.2, 0.25) is 0 Å². The average Bonchev–Trinajstić information content (AvgIpc) is 2.85. The Labute approximate surface area is 136 Å². The molecule has 1 heterocycles. The fourth-order valence-electron chi connectivity index (χ4n) is 2.47. The van der Waals surface area contributed by atoms with Gasteiger partial charge in [0.1, 0.15) is 0 Å². The van der Waals surface area contributed by atoms with Crippen LogP contribution in [0.1, 0.15) is 41.4 Å². The molecular formula is C17H10NO6-. The van der Waals surface area contributed by atoms with Gasteiger partial charge in [0.05, 0.1) is 35.5 Å². The Kier molecular flexibility index (Phi) is 3.61. The van der Waals surface area contributed by atoms with Crippen molar-refractivity contribution in [2.45, 2.75) is 0 Å². The van der Waals surface area contributed by atoms with E-state index in [4.69, 9.17) is 0 Å². The van der Waals surface area contributed by atoms with Gasteiger partial charge in [0, 0.05) is 0 Å². The molecule has 0 saturated carbocycles. The van der Waals surface area contributed by atoms with E-state index < -0.39 is 23.8 Å². The smallest absolute Gasteiger partial charge is 0.337 e. The predicted octanol–water partition coefficient (Wildman–Crippen LogP) is 0.637. The number of ether oxygens (including phenoxy) is 1. The van der Waals surface area contributed by atoms with Crippen molar-refractivity contribution in [1.29, 1.82) is 0 Å². The molecular weight excluding hydrogens is 314 g/mol. The first-order valence-corrected chi connectivity index (χ1v) is 6.86. The molecule has 0 atom stereocenters. The van der Waals surface area contributed by atoms with Gasteiger partial charge in [-0.05, 0) is 42.0 Å². The van der Waals surface area contributed by atoms with Crippen LogP contribution in [0, 0.1) is 0 Å². The summed E-state index contributed by atoms with van der Waals surface area (Å²) >= 11 is 0. The zero-order chi connectivity index (χ0) is 17.4. The van der Waals surface area contributed by atoms with Crippen LogP contribution in [0.5, 0.6) is 0 Å². The molecule has 1 aliphatic rings. The van der Waals surface area contributed by atoms with E-state index in [0.717, 1.165) is 11.0 Å². The monoisotopic (exact) mass is 324 g/mol. The van der Waals surface area contributed by atoms with Crippen LogP contribution in [0.15, 0.2) is 42.5 Å². The van der Waals surface area contributed by atoms with Crippen molar-refractivity contribution in [3.05, 3.63) is 64.7 Å². The molecule has 120 valence electrons. The van der Waals surface area contributed by atoms with Crippen molar-refractivity contribution in [2.75, 3.05) is 12.0 Å². The van der Waals surface area contributed by atoms with E-state index in [1.807, 2.05) is 0 Å². The number of anilines is 1. The molecule has 1 aliphatic heterocycles. The number of hydrogen-bond donors (Lipinski definition) is 0. The van der Waals surface area contributed by atoms with E-state index in [1.54, 1.807) is 0 Å². The second-order valence-electron chi connectivity index (χ2n) is 5.03. The zero-order valence-electron chi connectivity index (χ0n) is 12.4. The van der Waals surface area contributed by atoms with Crippen molar-refractivity contribution < 1.29 is 29.0 Å². The molecule has 0 aromatic heterocycles. The zero-order valence-corrected chi connectivity index (χ0v) is 12.4. The molecule has 0 saturated heterocycles. The van der Waals surface area contributed by atoms with E-state index in [0.29, 0.717) is 0 Å². The average molecular weight is 324 g/mol. The Hall–Kier alpha value is -3.48. The molecule has 0 aliphatic carbocycles. The molecule has 2 amide bonds. The molecule has 7 heteroatoms. The lowest BCUT2D eigenvalue weighted by Crippen LogP contribution is -2.29. The second kappa shape index (κ2) is 5.62. The molecule has 0 fully saturated rings. The van der Waals surface area contributed by atoms with Gasteiger partial charge >= 0.3 is 5.97 Å². The summed E-state index contributed by atoms with van der Waals surface area (Å²) in [7, 11) is 1.25. The van der Waals surface area contributed by atoms with E-state index in [1.165, 1.54) is 43.5 Å². The minimum absolute atomic E-state index is 0.00116. The number of methoxy groups -OCH3 is 1. The number of imide groups is 1. The van der Waals surface area contributed by atoms with Crippen molar-refractivity contribution in [2.24, 2.45) is 0 Å². The van der Waals surface area contributed by atoms with Gasteiger partial charge in [0.15, 0.2) is 0 Å². The quantitative estimate of drug-likeness (QED) is 0.606. The van der Waals surface area contributed by atoms with Crippen LogP contribution in [-0.2, 0) is 4.74 Å². The van der Waals surface area contributed by atoms with Gasteiger partial charge in [0.25, 0.3) is 11.8 Å². The Balaban J connectivity index is 1.99. The standard InChI is InChI=1S/C17H11NO6/c1-24-17(23)9-2-5-11(6-3-9)18-14(19)12-7-4-10(16(21)22)8-13(12)15(18)20/h2-8H,1H3,(H,21,22)/p-1. The van der Waals surface area contributed by atoms with Crippen LogP contribution in [-0.4, -0.2) is 30.9 Å². The molecule has 0 spiro atoms. The number of carboxylic acid groups (broad SMARTS) is 1. The molecule has 7 nitrogen and oxygen atoms in total. The van der Waals surface area contributed by atoms with Gasteiger partial charge in [-0.15, -0.1) is 0 Å². The summed E-state index contributed by atoms with van der Waals surface area (Å²) in [4.78, 5) is 48.1. The summed E-state index contributed by atoms with van der Waals surface area (Å²) in [5.41, 5.74) is 0.472. The maximum atomic E-state index is 12.5. The molecule has 2 aromatic rings. The lowest BCUT2D eigenvalue weighted by molar-refractivity contribution is -0.255. The van der Waals surface area contributed by atoms with E-state index in [-0.39, 0.29) is 27.9 Å². The predicted molar refractivity (Wildman–Crippen MR) is 79.7 cm³/mol. The van der Waals surface area contributed by atoms with E-state index in [2.05, 4.69) is 4.74 Å². The first kappa shape index (κ1) is 15.4. The van der Waals surface area contributed by atoms with Gasteiger partial charge in [-0.1, -0.05) is 6.07 Å². The SMILES string of the molecule is COC(=O)c1ccc(N2C(=O)c3ccc(C(=O)[O-])cc3C2=O)cc1. The number of nitrogens with zero attached hydrogens (tertiary/aromatic N) is 1. The molecule has 0 bridgehead atoms. The number of carboxylic acids is 1. The minimum atomic E-state index is -1.43. The third-order valence-corrected chi connectivity index (χ3v) is 3.67. The highest BCUT2D eigenvalue weighted by atomic mass is 16.5. The van der Waals surface area contributed by atoms with E-state index >= 15 is 0 Å². The lowest BCUT2D eigenvalue weighted by Gasteiger charge is -2.14. The van der Waals surface area contributed by atoms with Gasteiger partial charge in [-0.25, -0.2) is 9.69 Å². The normalized spacial score (nSPS) is 13.0. The first-order valence-electron chi connectivity index (χ1n) is 6.86. The summed E-state index contributed by atoms with van der Waals surface area (Å²) in [5.74, 6) is -3.17. The number of hydrogen-bond acceptors (Lipinski definition) is 6. The largest absolute Gasteiger partial charge is 0.545 e. The van der Waals surface area contributed by atoms with Crippen LogP contribution in [0.4, 0.5) is 5.69 Å². The number of carbonyl (C=O) groups excluding carboxylic acids is 4. The molecule has 0 N–H and O–H groups in total. The van der Waals surface area contributed by atoms with Crippen molar-refractivity contribution in [3.8, 4) is 0 Å². The number of esters is 1. The second-order valence-corrected chi connectivity index (χ2v) is 5.03. The summed E-state index contributed by atoms with van der Waals surface area (Å²) in [5, 5.41) is 10.9. The van der Waals surface area contributed by atoms with Crippen LogP contribution in [0.2, 0.25) is 0 Å². The number of rotatable bonds is 3. The topological polar surface area (TPSA) is 104 Å². The fourth-order valence-corrected chi connectivity index (χ4v) is 2.47. The summed E-state index contributed by atoms with van der Waals surface area (Å²) in [6.07, 6.45) is 0. The number of benzene rings is 2. The third kappa shape index (κ3) is 2.32. The summed E-state index contributed by atoms with van der Waals surface area (Å²) in [6, 6.07) is 9.34. The van der Waals surface area contributed by atoms with Crippen LogP contribution >= 0.6 is 0 Å². The van der Waals surface area contributed by atoms with E-state index in [9.17, 15) is 24.3 Å². The Morgan fingerprint density at radius 2 is 1.50 bits per heavy atom. The third-order valence-electron chi connectivity index (χ3n) is 3.67. The molecule has 0 radical (unpaired) electrons. The van der Waals surface area contributed by atoms with Crippen LogP contribution in [0.3, 0.4) is 0 Å². The Morgan fingerprint density at radius 3 is 2.08 bits per heavy atom. The van der Waals surface area contributed by atoms with Gasteiger partial charge < -0.3 is 14.6 Å². The number of aromatic carboxylic acids is 1. The first-order chi connectivity index (χ1) is 11.4. The Morgan fingerprint density at radius 1 is 0.917 bits per heavy atom. The maximum Gasteiger partial charge on any atom is 0.337 e. The highest BCUT2D eigenvalue weighted by Crippen LogP contribution is 2.29. The number of fused-ring (bicyclic) bond motifs is 1. The highest BCUT2D eigenvalue weighted by molar-refractivity contribution is 6.34. The molecule has 3 rings (SSSR count). The van der Waals surface area contributed by atoms with Crippen LogP contribution < -0.4 is 10.0 Å². The maximum absolute atomic E-state index is 12.5. The number of amides is 2.